The molecular formula is C11H20N2O. The van der Waals surface area contributed by atoms with Gasteiger partial charge in [0.1, 0.15) is 0 Å². The van der Waals surface area contributed by atoms with Gasteiger partial charge in [-0.05, 0) is 39.7 Å². The average molecular weight is 196 g/mol. The lowest BCUT2D eigenvalue weighted by Gasteiger charge is -2.31. The predicted molar refractivity (Wildman–Crippen MR) is 55.9 cm³/mol. The normalized spacial score (nSPS) is 23.7. The molecule has 14 heavy (non-hydrogen) atoms. The van der Waals surface area contributed by atoms with Crippen molar-refractivity contribution in [1.29, 1.82) is 5.26 Å². The molecule has 1 aliphatic heterocycles. The van der Waals surface area contributed by atoms with E-state index in [1.54, 1.807) is 0 Å². The Bertz CT molecular complexity index is 198. The summed E-state index contributed by atoms with van der Waals surface area (Å²) in [5.74, 6) is 0. The summed E-state index contributed by atoms with van der Waals surface area (Å²) < 4.78 is 5.49. The molecule has 80 valence electrons. The Hall–Kier alpha value is -0.590. The molecule has 0 aromatic heterocycles. The van der Waals surface area contributed by atoms with Crippen molar-refractivity contribution in [2.45, 2.75) is 45.3 Å². The van der Waals surface area contributed by atoms with Gasteiger partial charge >= 0.3 is 0 Å². The van der Waals surface area contributed by atoms with Gasteiger partial charge in [-0.1, -0.05) is 0 Å². The third-order valence-corrected chi connectivity index (χ3v) is 2.59. The van der Waals surface area contributed by atoms with Crippen LogP contribution >= 0.6 is 0 Å². The van der Waals surface area contributed by atoms with Crippen molar-refractivity contribution in [3.63, 3.8) is 0 Å². The summed E-state index contributed by atoms with van der Waals surface area (Å²) in [5.41, 5.74) is 0. The average Bonchev–Trinajstić information content (AvgIpc) is 2.18. The SMILES string of the molecule is CC(C)OCCN1CCCCC1C#N. The highest BCUT2D eigenvalue weighted by molar-refractivity contribution is 4.93. The highest BCUT2D eigenvalue weighted by Gasteiger charge is 2.21. The Balaban J connectivity index is 2.24. The lowest BCUT2D eigenvalue weighted by atomic mass is 10.0. The minimum absolute atomic E-state index is 0.125. The quantitative estimate of drug-likeness (QED) is 0.687. The van der Waals surface area contributed by atoms with Crippen molar-refractivity contribution in [3.05, 3.63) is 0 Å². The molecule has 0 aliphatic carbocycles. The Labute approximate surface area is 86.6 Å². The summed E-state index contributed by atoms with van der Waals surface area (Å²) in [6.45, 7) is 6.78. The number of ether oxygens (including phenoxy) is 1. The van der Waals surface area contributed by atoms with E-state index in [4.69, 9.17) is 10.00 Å². The smallest absolute Gasteiger partial charge is 0.0978 e. The Morgan fingerprint density at radius 3 is 2.93 bits per heavy atom. The summed E-state index contributed by atoms with van der Waals surface area (Å²) in [7, 11) is 0. The second kappa shape index (κ2) is 6.00. The Morgan fingerprint density at radius 1 is 1.50 bits per heavy atom. The van der Waals surface area contributed by atoms with Crippen LogP contribution in [0.15, 0.2) is 0 Å². The van der Waals surface area contributed by atoms with Gasteiger partial charge in [-0.25, -0.2) is 0 Å². The number of nitriles is 1. The van der Waals surface area contributed by atoms with Crippen LogP contribution in [0.25, 0.3) is 0 Å². The molecule has 3 nitrogen and oxygen atoms in total. The predicted octanol–water partition coefficient (Wildman–Crippen LogP) is 1.79. The first-order valence-corrected chi connectivity index (χ1v) is 5.49. The molecule has 0 radical (unpaired) electrons. The fourth-order valence-electron chi connectivity index (χ4n) is 1.81. The number of hydrogen-bond acceptors (Lipinski definition) is 3. The Kier molecular flexibility index (Phi) is 4.92. The van der Waals surface area contributed by atoms with Gasteiger partial charge in [-0.3, -0.25) is 4.90 Å². The highest BCUT2D eigenvalue weighted by Crippen LogP contribution is 2.15. The molecule has 3 heteroatoms. The van der Waals surface area contributed by atoms with Gasteiger partial charge in [0.05, 0.1) is 24.8 Å². The lowest BCUT2D eigenvalue weighted by molar-refractivity contribution is 0.0479. The maximum absolute atomic E-state index is 8.94. The monoisotopic (exact) mass is 196 g/mol. The van der Waals surface area contributed by atoms with E-state index in [0.717, 1.165) is 26.1 Å². The molecule has 0 spiro atoms. The molecule has 1 aliphatic rings. The van der Waals surface area contributed by atoms with Gasteiger partial charge < -0.3 is 4.74 Å². The standard InChI is InChI=1S/C11H20N2O/c1-10(2)14-8-7-13-6-4-3-5-11(13)9-12/h10-11H,3-8H2,1-2H3. The number of hydrogen-bond donors (Lipinski definition) is 0. The van der Waals surface area contributed by atoms with Crippen LogP contribution in [0.5, 0.6) is 0 Å². The highest BCUT2D eigenvalue weighted by atomic mass is 16.5. The van der Waals surface area contributed by atoms with Gasteiger partial charge in [0.25, 0.3) is 0 Å². The zero-order valence-corrected chi connectivity index (χ0v) is 9.20. The molecule has 1 heterocycles. The van der Waals surface area contributed by atoms with Crippen LogP contribution < -0.4 is 0 Å². The Morgan fingerprint density at radius 2 is 2.29 bits per heavy atom. The molecule has 1 rings (SSSR count). The molecular weight excluding hydrogens is 176 g/mol. The third kappa shape index (κ3) is 3.65. The molecule has 1 unspecified atom stereocenters. The van der Waals surface area contributed by atoms with Gasteiger partial charge in [0.15, 0.2) is 0 Å². The van der Waals surface area contributed by atoms with E-state index < -0.39 is 0 Å². The fraction of sp³-hybridized carbons (Fsp3) is 0.909. The van der Waals surface area contributed by atoms with Crippen molar-refractivity contribution < 1.29 is 4.74 Å². The molecule has 0 bridgehead atoms. The van der Waals surface area contributed by atoms with Crippen molar-refractivity contribution in [2.24, 2.45) is 0 Å². The van der Waals surface area contributed by atoms with E-state index >= 15 is 0 Å². The van der Waals surface area contributed by atoms with E-state index in [0.29, 0.717) is 6.10 Å². The molecule has 1 saturated heterocycles. The lowest BCUT2D eigenvalue weighted by Crippen LogP contribution is -2.40. The van der Waals surface area contributed by atoms with Crippen molar-refractivity contribution in [1.82, 2.24) is 4.90 Å². The summed E-state index contributed by atoms with van der Waals surface area (Å²) in [6, 6.07) is 2.49. The van der Waals surface area contributed by atoms with Crippen LogP contribution in [0.3, 0.4) is 0 Å². The molecule has 0 saturated carbocycles. The van der Waals surface area contributed by atoms with Crippen LogP contribution in [-0.4, -0.2) is 36.7 Å². The molecule has 0 aromatic rings. The number of likely N-dealkylation sites (tertiary alicyclic amines) is 1. The summed E-state index contributed by atoms with van der Waals surface area (Å²) in [5, 5.41) is 8.94. The zero-order valence-electron chi connectivity index (χ0n) is 9.20. The van der Waals surface area contributed by atoms with Crippen molar-refractivity contribution >= 4 is 0 Å². The topological polar surface area (TPSA) is 36.3 Å². The van der Waals surface area contributed by atoms with Crippen molar-refractivity contribution in [2.75, 3.05) is 19.7 Å². The second-order valence-corrected chi connectivity index (χ2v) is 4.10. The minimum atomic E-state index is 0.125. The maximum Gasteiger partial charge on any atom is 0.0978 e. The van der Waals surface area contributed by atoms with Crippen LogP contribution in [0.2, 0.25) is 0 Å². The first-order valence-electron chi connectivity index (χ1n) is 5.49. The minimum Gasteiger partial charge on any atom is -0.377 e. The summed E-state index contributed by atoms with van der Waals surface area (Å²) in [4.78, 5) is 2.24. The van der Waals surface area contributed by atoms with Gasteiger partial charge in [0, 0.05) is 6.54 Å². The molecule has 1 atom stereocenters. The molecule has 1 fully saturated rings. The van der Waals surface area contributed by atoms with E-state index in [9.17, 15) is 0 Å². The van der Waals surface area contributed by atoms with Crippen LogP contribution in [0, 0.1) is 11.3 Å². The molecule has 0 aromatic carbocycles. The van der Waals surface area contributed by atoms with Gasteiger partial charge in [-0.15, -0.1) is 0 Å². The second-order valence-electron chi connectivity index (χ2n) is 4.10. The van der Waals surface area contributed by atoms with Gasteiger partial charge in [0.2, 0.25) is 0 Å². The molecule has 0 N–H and O–H groups in total. The maximum atomic E-state index is 8.94. The summed E-state index contributed by atoms with van der Waals surface area (Å²) >= 11 is 0. The zero-order chi connectivity index (χ0) is 10.4. The van der Waals surface area contributed by atoms with E-state index in [1.165, 1.54) is 12.8 Å². The van der Waals surface area contributed by atoms with Crippen LogP contribution in [0.1, 0.15) is 33.1 Å². The fourth-order valence-corrected chi connectivity index (χ4v) is 1.81. The van der Waals surface area contributed by atoms with Gasteiger partial charge in [-0.2, -0.15) is 5.26 Å². The number of piperidine rings is 1. The molecule has 0 amide bonds. The van der Waals surface area contributed by atoms with E-state index in [-0.39, 0.29) is 6.04 Å². The first-order chi connectivity index (χ1) is 6.74. The summed E-state index contributed by atoms with van der Waals surface area (Å²) in [6.07, 6.45) is 3.73. The van der Waals surface area contributed by atoms with Crippen molar-refractivity contribution in [3.8, 4) is 6.07 Å². The first kappa shape index (κ1) is 11.5. The van der Waals surface area contributed by atoms with Crippen LogP contribution in [0.4, 0.5) is 0 Å². The number of rotatable bonds is 4. The number of nitrogens with zero attached hydrogens (tertiary/aromatic N) is 2. The third-order valence-electron chi connectivity index (χ3n) is 2.59. The largest absolute Gasteiger partial charge is 0.377 e. The van der Waals surface area contributed by atoms with E-state index in [2.05, 4.69) is 11.0 Å². The van der Waals surface area contributed by atoms with E-state index in [1.807, 2.05) is 13.8 Å². The van der Waals surface area contributed by atoms with Crippen LogP contribution in [-0.2, 0) is 4.74 Å².